The van der Waals surface area contributed by atoms with Crippen molar-refractivity contribution < 1.29 is 14.6 Å². The summed E-state index contributed by atoms with van der Waals surface area (Å²) in [5, 5.41) is 11.2. The Morgan fingerprint density at radius 1 is 1.40 bits per heavy atom. The highest BCUT2D eigenvalue weighted by Gasteiger charge is 2.22. The number of hydrogen-bond donors (Lipinski definition) is 3. The van der Waals surface area contributed by atoms with Gasteiger partial charge in [0.25, 0.3) is 10.9 Å². The van der Waals surface area contributed by atoms with E-state index in [2.05, 4.69) is 17.9 Å². The summed E-state index contributed by atoms with van der Waals surface area (Å²) in [6, 6.07) is 0. The number of allylic oxidation sites excluding steroid dienone is 2. The molecule has 2 atom stereocenters. The SMILES string of the molecule is CC1CC(=O)C=C(OCC(S)Nc2c(O)c(=O)c2=O)C1. The van der Waals surface area contributed by atoms with E-state index < -0.39 is 22.0 Å². The smallest absolute Gasteiger partial charge is 0.271 e. The van der Waals surface area contributed by atoms with Gasteiger partial charge < -0.3 is 15.2 Å². The summed E-state index contributed by atoms with van der Waals surface area (Å²) >= 11 is 4.16. The van der Waals surface area contributed by atoms with E-state index in [4.69, 9.17) is 4.74 Å². The third-order valence-electron chi connectivity index (χ3n) is 3.04. The Hall–Kier alpha value is -1.76. The molecule has 108 valence electrons. The third kappa shape index (κ3) is 3.04. The first kappa shape index (κ1) is 14.6. The standard InChI is InChI=1S/C13H15NO5S/c1-6-2-7(15)4-8(3-6)19-5-9(20)14-10-11(16)13(18)12(10)17/h4,6,9,14,16,20H,2-3,5H2,1H3. The van der Waals surface area contributed by atoms with Crippen LogP contribution in [0.3, 0.4) is 0 Å². The topological polar surface area (TPSA) is 92.7 Å². The Morgan fingerprint density at radius 3 is 2.70 bits per heavy atom. The molecule has 0 radical (unpaired) electrons. The van der Waals surface area contributed by atoms with Crippen molar-refractivity contribution in [3.05, 3.63) is 32.3 Å². The first-order chi connectivity index (χ1) is 9.38. The summed E-state index contributed by atoms with van der Waals surface area (Å²) in [5.74, 6) is 0.285. The Morgan fingerprint density at radius 2 is 2.10 bits per heavy atom. The second-order valence-corrected chi connectivity index (χ2v) is 5.57. The summed E-state index contributed by atoms with van der Waals surface area (Å²) in [6.07, 6.45) is 2.67. The minimum Gasteiger partial charge on any atom is -0.502 e. The second-order valence-electron chi connectivity index (χ2n) is 4.94. The number of aromatic hydroxyl groups is 1. The fourth-order valence-corrected chi connectivity index (χ4v) is 2.27. The molecular formula is C13H15NO5S. The summed E-state index contributed by atoms with van der Waals surface area (Å²) in [4.78, 5) is 33.3. The normalized spacial score (nSPS) is 20.6. The van der Waals surface area contributed by atoms with Crippen LogP contribution in [-0.4, -0.2) is 22.9 Å². The zero-order valence-electron chi connectivity index (χ0n) is 10.9. The average molecular weight is 297 g/mol. The zero-order valence-corrected chi connectivity index (χ0v) is 11.8. The van der Waals surface area contributed by atoms with Crippen LogP contribution in [0, 0.1) is 5.92 Å². The molecule has 0 aromatic heterocycles. The monoisotopic (exact) mass is 297 g/mol. The van der Waals surface area contributed by atoms with Gasteiger partial charge in [0.1, 0.15) is 17.7 Å². The Balaban J connectivity index is 1.87. The molecule has 0 saturated heterocycles. The van der Waals surface area contributed by atoms with Crippen molar-refractivity contribution in [2.24, 2.45) is 5.92 Å². The van der Waals surface area contributed by atoms with Gasteiger partial charge in [-0.3, -0.25) is 14.4 Å². The van der Waals surface area contributed by atoms with Crippen molar-refractivity contribution in [3.8, 4) is 5.75 Å². The van der Waals surface area contributed by atoms with Crippen molar-refractivity contribution in [2.75, 3.05) is 11.9 Å². The number of ether oxygens (including phenoxy) is 1. The van der Waals surface area contributed by atoms with E-state index in [1.807, 2.05) is 6.92 Å². The zero-order chi connectivity index (χ0) is 14.9. The van der Waals surface area contributed by atoms with Crippen LogP contribution < -0.4 is 16.2 Å². The lowest BCUT2D eigenvalue weighted by molar-refractivity contribution is -0.116. The number of rotatable bonds is 5. The maximum atomic E-state index is 11.4. The number of carbonyl (C=O) groups excluding carboxylic acids is 1. The van der Waals surface area contributed by atoms with Crippen LogP contribution in [-0.2, 0) is 9.53 Å². The summed E-state index contributed by atoms with van der Waals surface area (Å²) in [6.45, 7) is 2.07. The number of hydrogen-bond acceptors (Lipinski definition) is 7. The molecule has 1 aromatic carbocycles. The molecule has 7 heteroatoms. The van der Waals surface area contributed by atoms with Crippen LogP contribution in [0.25, 0.3) is 0 Å². The van der Waals surface area contributed by atoms with Crippen molar-refractivity contribution in [1.82, 2.24) is 0 Å². The first-order valence-electron chi connectivity index (χ1n) is 6.21. The van der Waals surface area contributed by atoms with Gasteiger partial charge in [-0.25, -0.2) is 0 Å². The van der Waals surface area contributed by atoms with Crippen LogP contribution in [0.5, 0.6) is 5.75 Å². The van der Waals surface area contributed by atoms with Gasteiger partial charge in [0, 0.05) is 18.9 Å². The van der Waals surface area contributed by atoms with Crippen LogP contribution in [0.15, 0.2) is 21.4 Å². The summed E-state index contributed by atoms with van der Waals surface area (Å²) < 4.78 is 5.45. The largest absolute Gasteiger partial charge is 0.502 e. The lowest BCUT2D eigenvalue weighted by atomic mass is 9.94. The molecule has 0 saturated carbocycles. The molecule has 2 rings (SSSR count). The fourth-order valence-electron chi connectivity index (χ4n) is 2.06. The molecule has 0 heterocycles. The lowest BCUT2D eigenvalue weighted by Crippen LogP contribution is -2.36. The molecule has 2 N–H and O–H groups in total. The number of thiol groups is 1. The molecule has 1 aliphatic rings. The van der Waals surface area contributed by atoms with Gasteiger partial charge in [0.05, 0.1) is 5.76 Å². The fraction of sp³-hybridized carbons (Fsp3) is 0.462. The summed E-state index contributed by atoms with van der Waals surface area (Å²) in [7, 11) is 0. The molecule has 0 amide bonds. The second kappa shape index (κ2) is 5.70. The highest BCUT2D eigenvalue weighted by molar-refractivity contribution is 7.81. The van der Waals surface area contributed by atoms with Gasteiger partial charge >= 0.3 is 0 Å². The van der Waals surface area contributed by atoms with E-state index in [1.165, 1.54) is 6.08 Å². The predicted molar refractivity (Wildman–Crippen MR) is 76.9 cm³/mol. The number of ketones is 1. The van der Waals surface area contributed by atoms with Gasteiger partial charge in [0.2, 0.25) is 0 Å². The molecule has 0 aliphatic heterocycles. The number of carbonyl (C=O) groups is 1. The predicted octanol–water partition coefficient (Wildman–Crippen LogP) is 0.555. The highest BCUT2D eigenvalue weighted by atomic mass is 32.1. The van der Waals surface area contributed by atoms with E-state index >= 15 is 0 Å². The Bertz CT molecular complexity index is 629. The quantitative estimate of drug-likeness (QED) is 0.418. The molecule has 0 spiro atoms. The maximum absolute atomic E-state index is 11.4. The average Bonchev–Trinajstić information content (AvgIpc) is 2.40. The third-order valence-corrected chi connectivity index (χ3v) is 3.32. The van der Waals surface area contributed by atoms with Gasteiger partial charge in [-0.05, 0) is 5.92 Å². The van der Waals surface area contributed by atoms with Crippen molar-refractivity contribution >= 4 is 24.1 Å². The van der Waals surface area contributed by atoms with E-state index in [9.17, 15) is 19.5 Å². The van der Waals surface area contributed by atoms with Crippen LogP contribution in [0.1, 0.15) is 19.8 Å². The molecule has 1 aromatic rings. The van der Waals surface area contributed by atoms with Crippen molar-refractivity contribution in [1.29, 1.82) is 0 Å². The molecule has 1 aliphatic carbocycles. The maximum Gasteiger partial charge on any atom is 0.271 e. The number of anilines is 1. The van der Waals surface area contributed by atoms with Gasteiger partial charge in [0.15, 0.2) is 11.5 Å². The number of nitrogens with one attached hydrogen (secondary N) is 1. The Kier molecular flexibility index (Phi) is 4.17. The minimum atomic E-state index is -0.900. The van der Waals surface area contributed by atoms with E-state index in [0.717, 1.165) is 0 Å². The molecule has 6 nitrogen and oxygen atoms in total. The molecular weight excluding hydrogens is 282 g/mol. The van der Waals surface area contributed by atoms with E-state index in [0.29, 0.717) is 18.6 Å². The lowest BCUT2D eigenvalue weighted by Gasteiger charge is -2.21. The van der Waals surface area contributed by atoms with Gasteiger partial charge in [-0.2, -0.15) is 12.6 Å². The van der Waals surface area contributed by atoms with Gasteiger partial charge in [-0.1, -0.05) is 6.92 Å². The first-order valence-corrected chi connectivity index (χ1v) is 6.73. The highest BCUT2D eigenvalue weighted by Crippen LogP contribution is 2.23. The van der Waals surface area contributed by atoms with E-state index in [-0.39, 0.29) is 24.0 Å². The molecule has 20 heavy (non-hydrogen) atoms. The van der Waals surface area contributed by atoms with Crippen molar-refractivity contribution in [2.45, 2.75) is 25.1 Å². The molecule has 2 unspecified atom stereocenters. The summed E-state index contributed by atoms with van der Waals surface area (Å²) in [5.41, 5.74) is -1.80. The molecule has 0 bridgehead atoms. The van der Waals surface area contributed by atoms with Crippen molar-refractivity contribution in [3.63, 3.8) is 0 Å². The molecule has 0 fully saturated rings. The van der Waals surface area contributed by atoms with Gasteiger partial charge in [-0.15, -0.1) is 0 Å². The van der Waals surface area contributed by atoms with Crippen LogP contribution in [0.4, 0.5) is 5.69 Å². The minimum absolute atomic E-state index is 0.0301. The Labute approximate surface area is 120 Å². The van der Waals surface area contributed by atoms with Crippen LogP contribution in [0.2, 0.25) is 0 Å². The van der Waals surface area contributed by atoms with Crippen LogP contribution >= 0.6 is 12.6 Å². The van der Waals surface area contributed by atoms with E-state index in [1.54, 1.807) is 0 Å².